The van der Waals surface area contributed by atoms with E-state index in [-0.39, 0.29) is 6.42 Å². The molecule has 1 amide bonds. The zero-order valence-corrected chi connectivity index (χ0v) is 17.9. The lowest BCUT2D eigenvalue weighted by molar-refractivity contribution is -0.142. The summed E-state index contributed by atoms with van der Waals surface area (Å²) in [5.41, 5.74) is 5.10. The maximum absolute atomic E-state index is 11.2. The normalized spacial score (nSPS) is 12.2. The molecule has 0 radical (unpaired) electrons. The van der Waals surface area contributed by atoms with Crippen molar-refractivity contribution in [3.63, 3.8) is 0 Å². The average molecular weight is 384 g/mol. The molecule has 0 aliphatic heterocycles. The van der Waals surface area contributed by atoms with E-state index in [0.29, 0.717) is 12.8 Å². The minimum Gasteiger partial charge on any atom is -0.481 e. The Balaban J connectivity index is 3.30. The van der Waals surface area contributed by atoms with Crippen LogP contribution in [0, 0.1) is 5.92 Å². The predicted molar refractivity (Wildman–Crippen MR) is 114 cm³/mol. The van der Waals surface area contributed by atoms with Gasteiger partial charge in [0.1, 0.15) is 0 Å². The molecule has 4 nitrogen and oxygen atoms in total. The number of hydrogen-bond acceptors (Lipinski definition) is 2. The van der Waals surface area contributed by atoms with Crippen LogP contribution in [0.15, 0.2) is 0 Å². The summed E-state index contributed by atoms with van der Waals surface area (Å²) in [6.07, 6.45) is 22.3. The molecule has 160 valence electrons. The van der Waals surface area contributed by atoms with E-state index >= 15 is 0 Å². The number of nitrogens with two attached hydrogens (primary N) is 1. The molecule has 1 atom stereocenters. The lowest BCUT2D eigenvalue weighted by Gasteiger charge is -2.10. The van der Waals surface area contributed by atoms with Gasteiger partial charge in [-0.15, -0.1) is 0 Å². The highest BCUT2D eigenvalue weighted by molar-refractivity contribution is 5.75. The third-order valence-electron chi connectivity index (χ3n) is 5.49. The fourth-order valence-corrected chi connectivity index (χ4v) is 3.65. The van der Waals surface area contributed by atoms with Gasteiger partial charge in [0.2, 0.25) is 5.91 Å². The van der Waals surface area contributed by atoms with Gasteiger partial charge in [-0.2, -0.15) is 0 Å². The number of hydrogen-bond donors (Lipinski definition) is 2. The summed E-state index contributed by atoms with van der Waals surface area (Å²) in [5, 5.41) is 9.16. The molecule has 0 saturated carbocycles. The van der Waals surface area contributed by atoms with Crippen molar-refractivity contribution in [3.05, 3.63) is 0 Å². The SMILES string of the molecule is CCCCCCCCCCCCCCCCCCC(CCC(N)=O)C(=O)O. The second-order valence-electron chi connectivity index (χ2n) is 8.13. The summed E-state index contributed by atoms with van der Waals surface area (Å²) in [4.78, 5) is 21.9. The summed E-state index contributed by atoms with van der Waals surface area (Å²) >= 11 is 0. The highest BCUT2D eigenvalue weighted by Crippen LogP contribution is 2.18. The first-order valence-corrected chi connectivity index (χ1v) is 11.6. The largest absolute Gasteiger partial charge is 0.481 e. The Morgan fingerprint density at radius 2 is 1.04 bits per heavy atom. The fraction of sp³-hybridized carbons (Fsp3) is 0.913. The van der Waals surface area contributed by atoms with Crippen molar-refractivity contribution in [2.45, 2.75) is 129 Å². The molecule has 1 unspecified atom stereocenters. The van der Waals surface area contributed by atoms with Crippen LogP contribution in [-0.4, -0.2) is 17.0 Å². The molecule has 3 N–H and O–H groups in total. The molecular formula is C23H45NO3. The monoisotopic (exact) mass is 383 g/mol. The van der Waals surface area contributed by atoms with E-state index < -0.39 is 17.8 Å². The number of carboxylic acid groups (broad SMARTS) is 1. The Morgan fingerprint density at radius 1 is 0.667 bits per heavy atom. The fourth-order valence-electron chi connectivity index (χ4n) is 3.65. The van der Waals surface area contributed by atoms with E-state index in [0.717, 1.165) is 12.8 Å². The highest BCUT2D eigenvalue weighted by Gasteiger charge is 2.17. The van der Waals surface area contributed by atoms with E-state index in [9.17, 15) is 9.59 Å². The van der Waals surface area contributed by atoms with Gasteiger partial charge in [-0.1, -0.05) is 110 Å². The van der Waals surface area contributed by atoms with Gasteiger partial charge in [0.05, 0.1) is 5.92 Å². The summed E-state index contributed by atoms with van der Waals surface area (Å²) in [6.45, 7) is 2.27. The molecule has 0 aromatic heterocycles. The summed E-state index contributed by atoms with van der Waals surface area (Å²) in [6, 6.07) is 0. The van der Waals surface area contributed by atoms with Crippen LogP contribution in [0.5, 0.6) is 0 Å². The summed E-state index contributed by atoms with van der Waals surface area (Å²) in [7, 11) is 0. The average Bonchev–Trinajstić information content (AvgIpc) is 2.63. The van der Waals surface area contributed by atoms with E-state index in [1.165, 1.54) is 89.9 Å². The maximum Gasteiger partial charge on any atom is 0.306 e. The van der Waals surface area contributed by atoms with Crippen LogP contribution in [0.4, 0.5) is 0 Å². The lowest BCUT2D eigenvalue weighted by Crippen LogP contribution is -2.18. The zero-order valence-electron chi connectivity index (χ0n) is 17.9. The van der Waals surface area contributed by atoms with Crippen molar-refractivity contribution in [2.75, 3.05) is 0 Å². The molecule has 4 heteroatoms. The molecule has 0 fully saturated rings. The van der Waals surface area contributed by atoms with Gasteiger partial charge < -0.3 is 10.8 Å². The molecule has 0 aliphatic rings. The molecule has 0 aromatic rings. The van der Waals surface area contributed by atoms with E-state index in [1.54, 1.807) is 0 Å². The van der Waals surface area contributed by atoms with Crippen LogP contribution in [-0.2, 0) is 9.59 Å². The van der Waals surface area contributed by atoms with Crippen LogP contribution in [0.1, 0.15) is 129 Å². The quantitative estimate of drug-likeness (QED) is 0.219. The third kappa shape index (κ3) is 19.5. The van der Waals surface area contributed by atoms with Gasteiger partial charge in [0.25, 0.3) is 0 Å². The van der Waals surface area contributed by atoms with Gasteiger partial charge in [-0.05, 0) is 12.8 Å². The van der Waals surface area contributed by atoms with Crippen molar-refractivity contribution in [1.29, 1.82) is 0 Å². The van der Waals surface area contributed by atoms with E-state index in [2.05, 4.69) is 6.92 Å². The first kappa shape index (κ1) is 25.9. The molecule has 0 spiro atoms. The van der Waals surface area contributed by atoms with Crippen molar-refractivity contribution in [2.24, 2.45) is 11.7 Å². The topological polar surface area (TPSA) is 80.4 Å². The first-order valence-electron chi connectivity index (χ1n) is 11.6. The second-order valence-corrected chi connectivity index (χ2v) is 8.13. The van der Waals surface area contributed by atoms with Crippen LogP contribution < -0.4 is 5.73 Å². The molecule has 0 heterocycles. The Kier molecular flexibility index (Phi) is 18.9. The van der Waals surface area contributed by atoms with E-state index in [4.69, 9.17) is 10.8 Å². The zero-order chi connectivity index (χ0) is 20.2. The lowest BCUT2D eigenvalue weighted by atomic mass is 9.95. The number of primary amides is 1. The Morgan fingerprint density at radius 3 is 1.37 bits per heavy atom. The number of carbonyl (C=O) groups excluding carboxylic acids is 1. The standard InChI is InChI=1S/C23H45NO3/c1-2-3-4-5-6-7-8-9-10-11-12-13-14-15-16-17-18-21(23(26)27)19-20-22(24)25/h21H,2-20H2,1H3,(H2,24,25)(H,26,27). The summed E-state index contributed by atoms with van der Waals surface area (Å²) < 4.78 is 0. The van der Waals surface area contributed by atoms with Crippen molar-refractivity contribution >= 4 is 11.9 Å². The van der Waals surface area contributed by atoms with Crippen LogP contribution in [0.3, 0.4) is 0 Å². The highest BCUT2D eigenvalue weighted by atomic mass is 16.4. The number of unbranched alkanes of at least 4 members (excludes halogenated alkanes) is 15. The Labute approximate surface area is 167 Å². The van der Waals surface area contributed by atoms with Crippen LogP contribution in [0.25, 0.3) is 0 Å². The number of aliphatic carboxylic acids is 1. The van der Waals surface area contributed by atoms with Gasteiger partial charge in [0, 0.05) is 6.42 Å². The van der Waals surface area contributed by atoms with Crippen LogP contribution in [0.2, 0.25) is 0 Å². The summed E-state index contributed by atoms with van der Waals surface area (Å²) in [5.74, 6) is -1.62. The molecule has 0 aromatic carbocycles. The van der Waals surface area contributed by atoms with Crippen LogP contribution >= 0.6 is 0 Å². The Bertz CT molecular complexity index is 358. The third-order valence-corrected chi connectivity index (χ3v) is 5.49. The van der Waals surface area contributed by atoms with Crippen molar-refractivity contribution in [1.82, 2.24) is 0 Å². The molecular weight excluding hydrogens is 338 g/mol. The smallest absolute Gasteiger partial charge is 0.306 e. The number of amides is 1. The molecule has 0 bridgehead atoms. The predicted octanol–water partition coefficient (Wildman–Crippen LogP) is 6.60. The Hall–Kier alpha value is -1.06. The molecule has 0 rings (SSSR count). The van der Waals surface area contributed by atoms with Gasteiger partial charge in [-0.3, -0.25) is 9.59 Å². The second kappa shape index (κ2) is 19.7. The molecule has 0 saturated heterocycles. The number of rotatable bonds is 21. The molecule has 0 aliphatic carbocycles. The van der Waals surface area contributed by atoms with Gasteiger partial charge in [-0.25, -0.2) is 0 Å². The van der Waals surface area contributed by atoms with Gasteiger partial charge >= 0.3 is 5.97 Å². The van der Waals surface area contributed by atoms with E-state index in [1.807, 2.05) is 0 Å². The number of carbonyl (C=O) groups is 2. The van der Waals surface area contributed by atoms with Gasteiger partial charge in [0.15, 0.2) is 0 Å². The minimum atomic E-state index is -0.794. The maximum atomic E-state index is 11.2. The molecule has 27 heavy (non-hydrogen) atoms. The first-order chi connectivity index (χ1) is 13.1. The minimum absolute atomic E-state index is 0.176. The van der Waals surface area contributed by atoms with Crippen molar-refractivity contribution in [3.8, 4) is 0 Å². The van der Waals surface area contributed by atoms with Crippen molar-refractivity contribution < 1.29 is 14.7 Å². The number of carboxylic acids is 1.